The Hall–Kier alpha value is -2.89. The number of ether oxygens (including phenoxy) is 3. The summed E-state index contributed by atoms with van der Waals surface area (Å²) in [6, 6.07) is 15.1. The number of amides is 2. The third-order valence-electron chi connectivity index (χ3n) is 3.93. The van der Waals surface area contributed by atoms with Crippen molar-refractivity contribution in [1.29, 1.82) is 0 Å². The number of hydrogen-bond acceptors (Lipinski definition) is 4. The quantitative estimate of drug-likeness (QED) is 0.846. The molecule has 1 aliphatic heterocycles. The Morgan fingerprint density at radius 1 is 1.12 bits per heavy atom. The minimum absolute atomic E-state index is 0.199. The van der Waals surface area contributed by atoms with E-state index in [1.54, 1.807) is 7.11 Å². The largest absolute Gasteiger partial charge is 0.496 e. The molecule has 1 atom stereocenters. The lowest BCUT2D eigenvalue weighted by atomic mass is 10.1. The van der Waals surface area contributed by atoms with Crippen molar-refractivity contribution in [3.63, 3.8) is 0 Å². The van der Waals surface area contributed by atoms with Crippen molar-refractivity contribution in [2.24, 2.45) is 0 Å². The number of hydrogen-bond donors (Lipinski definition) is 2. The third-order valence-corrected chi connectivity index (χ3v) is 3.93. The van der Waals surface area contributed by atoms with Gasteiger partial charge in [0.15, 0.2) is 17.6 Å². The van der Waals surface area contributed by atoms with Crippen LogP contribution in [0.5, 0.6) is 17.2 Å². The van der Waals surface area contributed by atoms with E-state index >= 15 is 0 Å². The van der Waals surface area contributed by atoms with Gasteiger partial charge in [0, 0.05) is 6.54 Å². The van der Waals surface area contributed by atoms with Gasteiger partial charge in [0.05, 0.1) is 13.7 Å². The normalized spacial score (nSPS) is 15.3. The highest BCUT2D eigenvalue weighted by Gasteiger charge is 2.20. The molecule has 0 bridgehead atoms. The van der Waals surface area contributed by atoms with Crippen molar-refractivity contribution in [3.8, 4) is 17.2 Å². The molecule has 0 aromatic heterocycles. The highest BCUT2D eigenvalue weighted by Crippen LogP contribution is 2.30. The fraction of sp³-hybridized carbons (Fsp3) is 0.316. The SMILES string of the molecule is COc1ccccc1CCNC(=O)NCC1COc2ccccc2O1. The molecule has 0 fully saturated rings. The van der Waals surface area contributed by atoms with E-state index in [1.807, 2.05) is 48.5 Å². The van der Waals surface area contributed by atoms with Crippen LogP contribution in [-0.4, -0.2) is 38.9 Å². The highest BCUT2D eigenvalue weighted by molar-refractivity contribution is 5.73. The molecule has 132 valence electrons. The molecule has 6 nitrogen and oxygen atoms in total. The first-order valence-corrected chi connectivity index (χ1v) is 8.28. The first-order chi connectivity index (χ1) is 12.3. The van der Waals surface area contributed by atoms with Gasteiger partial charge in [0.25, 0.3) is 0 Å². The van der Waals surface area contributed by atoms with Crippen LogP contribution in [0.2, 0.25) is 0 Å². The first kappa shape index (κ1) is 17.0. The maximum absolute atomic E-state index is 11.9. The van der Waals surface area contributed by atoms with Crippen LogP contribution in [0.3, 0.4) is 0 Å². The van der Waals surface area contributed by atoms with Gasteiger partial charge >= 0.3 is 6.03 Å². The molecule has 1 aliphatic rings. The minimum atomic E-state index is -0.225. The van der Waals surface area contributed by atoms with Crippen LogP contribution in [0.25, 0.3) is 0 Å². The number of carbonyl (C=O) groups is 1. The summed E-state index contributed by atoms with van der Waals surface area (Å²) in [5.74, 6) is 2.27. The molecule has 25 heavy (non-hydrogen) atoms. The van der Waals surface area contributed by atoms with Crippen LogP contribution < -0.4 is 24.8 Å². The topological polar surface area (TPSA) is 68.8 Å². The van der Waals surface area contributed by atoms with E-state index in [9.17, 15) is 4.79 Å². The van der Waals surface area contributed by atoms with E-state index in [0.29, 0.717) is 31.9 Å². The van der Waals surface area contributed by atoms with E-state index in [4.69, 9.17) is 14.2 Å². The molecule has 3 rings (SSSR count). The lowest BCUT2D eigenvalue weighted by Crippen LogP contribution is -2.44. The van der Waals surface area contributed by atoms with Gasteiger partial charge in [0.2, 0.25) is 0 Å². The Labute approximate surface area is 147 Å². The molecule has 0 spiro atoms. The fourth-order valence-electron chi connectivity index (χ4n) is 2.65. The standard InChI is InChI=1S/C19H22N2O4/c1-23-16-7-3-2-6-14(16)10-11-20-19(22)21-12-15-13-24-17-8-4-5-9-18(17)25-15/h2-9,15H,10-13H2,1H3,(H2,20,21,22). The van der Waals surface area contributed by atoms with Crippen molar-refractivity contribution in [1.82, 2.24) is 10.6 Å². The Kier molecular flexibility index (Phi) is 5.61. The van der Waals surface area contributed by atoms with Crippen LogP contribution in [0.4, 0.5) is 4.79 Å². The Bertz CT molecular complexity index is 720. The third kappa shape index (κ3) is 4.56. The van der Waals surface area contributed by atoms with Crippen LogP contribution in [0.1, 0.15) is 5.56 Å². The van der Waals surface area contributed by atoms with E-state index in [1.165, 1.54) is 0 Å². The molecule has 1 unspecified atom stereocenters. The number of methoxy groups -OCH3 is 1. The number of fused-ring (bicyclic) bond motifs is 1. The molecule has 0 radical (unpaired) electrons. The zero-order chi connectivity index (χ0) is 17.5. The molecular formula is C19H22N2O4. The second-order valence-electron chi connectivity index (χ2n) is 5.70. The van der Waals surface area contributed by atoms with E-state index in [-0.39, 0.29) is 12.1 Å². The molecule has 2 aromatic carbocycles. The smallest absolute Gasteiger partial charge is 0.314 e. The van der Waals surface area contributed by atoms with E-state index in [0.717, 1.165) is 17.1 Å². The van der Waals surface area contributed by atoms with Crippen molar-refractivity contribution in [2.45, 2.75) is 12.5 Å². The van der Waals surface area contributed by atoms with Crippen LogP contribution in [-0.2, 0) is 6.42 Å². The average molecular weight is 342 g/mol. The molecule has 2 N–H and O–H groups in total. The number of nitrogens with one attached hydrogen (secondary N) is 2. The molecule has 0 aliphatic carbocycles. The summed E-state index contributed by atoms with van der Waals surface area (Å²) in [4.78, 5) is 11.9. The minimum Gasteiger partial charge on any atom is -0.496 e. The molecule has 2 amide bonds. The van der Waals surface area contributed by atoms with Gasteiger partial charge in [-0.15, -0.1) is 0 Å². The van der Waals surface area contributed by atoms with Gasteiger partial charge in [-0.3, -0.25) is 0 Å². The Balaban J connectivity index is 1.39. The van der Waals surface area contributed by atoms with Crippen molar-refractivity contribution < 1.29 is 19.0 Å². The number of benzene rings is 2. The summed E-state index contributed by atoms with van der Waals surface area (Å²) in [5, 5.41) is 5.65. The van der Waals surface area contributed by atoms with Gasteiger partial charge in [0.1, 0.15) is 12.4 Å². The summed E-state index contributed by atoms with van der Waals surface area (Å²) in [5.41, 5.74) is 1.06. The second kappa shape index (κ2) is 8.28. The van der Waals surface area contributed by atoms with Crippen molar-refractivity contribution in [3.05, 3.63) is 54.1 Å². The maximum Gasteiger partial charge on any atom is 0.314 e. The first-order valence-electron chi connectivity index (χ1n) is 8.28. The predicted octanol–water partition coefficient (Wildman–Crippen LogP) is 2.38. The molecule has 0 saturated carbocycles. The molecule has 0 saturated heterocycles. The van der Waals surface area contributed by atoms with Crippen LogP contribution in [0.15, 0.2) is 48.5 Å². The Morgan fingerprint density at radius 3 is 2.72 bits per heavy atom. The average Bonchev–Trinajstić information content (AvgIpc) is 2.66. The summed E-state index contributed by atoms with van der Waals surface area (Å²) >= 11 is 0. The van der Waals surface area contributed by atoms with Gasteiger partial charge < -0.3 is 24.8 Å². The van der Waals surface area contributed by atoms with E-state index < -0.39 is 0 Å². The second-order valence-corrected chi connectivity index (χ2v) is 5.70. The van der Waals surface area contributed by atoms with Gasteiger partial charge in [-0.1, -0.05) is 30.3 Å². The molecule has 6 heteroatoms. The lowest BCUT2D eigenvalue weighted by Gasteiger charge is -2.26. The summed E-state index contributed by atoms with van der Waals surface area (Å²) < 4.78 is 16.7. The summed E-state index contributed by atoms with van der Waals surface area (Å²) in [6.45, 7) is 1.32. The summed E-state index contributed by atoms with van der Waals surface area (Å²) in [6.07, 6.45) is 0.503. The monoisotopic (exact) mass is 342 g/mol. The Morgan fingerprint density at radius 2 is 1.88 bits per heavy atom. The van der Waals surface area contributed by atoms with Crippen molar-refractivity contribution >= 4 is 6.03 Å². The van der Waals surface area contributed by atoms with Gasteiger partial charge in [-0.2, -0.15) is 0 Å². The fourth-order valence-corrected chi connectivity index (χ4v) is 2.65. The van der Waals surface area contributed by atoms with Crippen LogP contribution in [0, 0.1) is 0 Å². The number of para-hydroxylation sites is 3. The predicted molar refractivity (Wildman–Crippen MR) is 94.5 cm³/mol. The number of rotatable bonds is 6. The zero-order valence-electron chi connectivity index (χ0n) is 14.2. The zero-order valence-corrected chi connectivity index (χ0v) is 14.2. The molecule has 1 heterocycles. The van der Waals surface area contributed by atoms with Gasteiger partial charge in [-0.05, 0) is 30.2 Å². The number of urea groups is 1. The van der Waals surface area contributed by atoms with Crippen LogP contribution >= 0.6 is 0 Å². The maximum atomic E-state index is 11.9. The number of carbonyl (C=O) groups excluding carboxylic acids is 1. The van der Waals surface area contributed by atoms with E-state index in [2.05, 4.69) is 10.6 Å². The highest BCUT2D eigenvalue weighted by atomic mass is 16.6. The van der Waals surface area contributed by atoms with Crippen molar-refractivity contribution in [2.75, 3.05) is 26.8 Å². The molecular weight excluding hydrogens is 320 g/mol. The molecule has 2 aromatic rings. The van der Waals surface area contributed by atoms with Gasteiger partial charge in [-0.25, -0.2) is 4.79 Å². The summed E-state index contributed by atoms with van der Waals surface area (Å²) in [7, 11) is 1.64. The lowest BCUT2D eigenvalue weighted by molar-refractivity contribution is 0.0918.